The van der Waals surface area contributed by atoms with Gasteiger partial charge in [0.1, 0.15) is 6.07 Å². The van der Waals surface area contributed by atoms with Crippen LogP contribution in [0.2, 0.25) is 5.02 Å². The maximum absolute atomic E-state index is 9.08. The van der Waals surface area contributed by atoms with Crippen molar-refractivity contribution < 1.29 is 5.11 Å². The van der Waals surface area contributed by atoms with Gasteiger partial charge in [-0.2, -0.15) is 5.26 Å². The number of aliphatic hydroxyl groups is 1. The minimum Gasteiger partial charge on any atom is -0.393 e. The fraction of sp³-hybridized carbons (Fsp3) is 0.364. The highest BCUT2D eigenvalue weighted by Crippen LogP contribution is 2.20. The van der Waals surface area contributed by atoms with E-state index in [9.17, 15) is 0 Å². The van der Waals surface area contributed by atoms with Crippen molar-refractivity contribution in [3.63, 3.8) is 0 Å². The van der Waals surface area contributed by atoms with Crippen LogP contribution in [0.15, 0.2) is 18.2 Å². The molecule has 15 heavy (non-hydrogen) atoms. The van der Waals surface area contributed by atoms with Crippen LogP contribution in [-0.2, 0) is 0 Å². The highest BCUT2D eigenvalue weighted by Gasteiger charge is 2.02. The number of aliphatic hydroxyl groups excluding tert-OH is 1. The Bertz CT molecular complexity index is 371. The van der Waals surface area contributed by atoms with Gasteiger partial charge in [0.05, 0.1) is 17.4 Å². The van der Waals surface area contributed by atoms with Crippen molar-refractivity contribution in [1.82, 2.24) is 0 Å². The number of rotatable bonds is 4. The molecule has 0 amide bonds. The van der Waals surface area contributed by atoms with E-state index in [2.05, 4.69) is 11.4 Å². The summed E-state index contributed by atoms with van der Waals surface area (Å²) in [5, 5.41) is 21.6. The van der Waals surface area contributed by atoms with Gasteiger partial charge in [0.25, 0.3) is 0 Å². The molecular formula is C11H13ClN2O. The number of nitrogens with zero attached hydrogens (tertiary/aromatic N) is 1. The Morgan fingerprint density at radius 1 is 1.60 bits per heavy atom. The van der Waals surface area contributed by atoms with Crippen LogP contribution in [0, 0.1) is 11.3 Å². The molecule has 0 bridgehead atoms. The first-order valence-electron chi connectivity index (χ1n) is 4.75. The predicted octanol–water partition coefficient (Wildman–Crippen LogP) is 2.39. The highest BCUT2D eigenvalue weighted by atomic mass is 35.5. The van der Waals surface area contributed by atoms with Crippen molar-refractivity contribution in [1.29, 1.82) is 5.26 Å². The summed E-state index contributed by atoms with van der Waals surface area (Å²) in [4.78, 5) is 0. The Morgan fingerprint density at radius 2 is 2.33 bits per heavy atom. The molecule has 0 fully saturated rings. The van der Waals surface area contributed by atoms with E-state index in [-0.39, 0.29) is 6.10 Å². The van der Waals surface area contributed by atoms with Crippen LogP contribution >= 0.6 is 11.6 Å². The summed E-state index contributed by atoms with van der Waals surface area (Å²) >= 11 is 5.82. The van der Waals surface area contributed by atoms with E-state index in [1.807, 2.05) is 0 Å². The number of anilines is 1. The van der Waals surface area contributed by atoms with Crippen molar-refractivity contribution in [3.05, 3.63) is 28.8 Å². The smallest absolute Gasteiger partial charge is 0.101 e. The Labute approximate surface area is 94.3 Å². The number of hydrogen-bond donors (Lipinski definition) is 2. The molecule has 0 aliphatic rings. The second kappa shape index (κ2) is 5.59. The van der Waals surface area contributed by atoms with Gasteiger partial charge >= 0.3 is 0 Å². The van der Waals surface area contributed by atoms with Crippen LogP contribution in [0.4, 0.5) is 5.69 Å². The summed E-state index contributed by atoms with van der Waals surface area (Å²) in [6, 6.07) is 7.14. The van der Waals surface area contributed by atoms with Crippen LogP contribution in [0.1, 0.15) is 18.9 Å². The minimum absolute atomic E-state index is 0.345. The topological polar surface area (TPSA) is 56.0 Å². The van der Waals surface area contributed by atoms with Crippen LogP contribution < -0.4 is 5.32 Å². The van der Waals surface area contributed by atoms with E-state index < -0.39 is 0 Å². The molecule has 2 N–H and O–H groups in total. The van der Waals surface area contributed by atoms with E-state index in [1.165, 1.54) is 0 Å². The molecule has 1 rings (SSSR count). The van der Waals surface area contributed by atoms with E-state index in [0.717, 1.165) is 0 Å². The SMILES string of the molecule is CC(O)CCNc1cc(Cl)ccc1C#N. The van der Waals surface area contributed by atoms with Gasteiger partial charge in [-0.05, 0) is 31.5 Å². The van der Waals surface area contributed by atoms with Gasteiger partial charge in [0.15, 0.2) is 0 Å². The van der Waals surface area contributed by atoms with Gasteiger partial charge in [0.2, 0.25) is 0 Å². The highest BCUT2D eigenvalue weighted by molar-refractivity contribution is 6.30. The molecule has 0 radical (unpaired) electrons. The molecule has 0 aliphatic heterocycles. The van der Waals surface area contributed by atoms with Gasteiger partial charge in [0, 0.05) is 11.6 Å². The summed E-state index contributed by atoms with van der Waals surface area (Å²) in [5.41, 5.74) is 1.27. The Kier molecular flexibility index (Phi) is 4.41. The van der Waals surface area contributed by atoms with Crippen LogP contribution in [-0.4, -0.2) is 17.8 Å². The van der Waals surface area contributed by atoms with Crippen LogP contribution in [0.3, 0.4) is 0 Å². The third-order valence-corrected chi connectivity index (χ3v) is 2.21. The third kappa shape index (κ3) is 3.78. The molecule has 0 saturated heterocycles. The minimum atomic E-state index is -0.345. The molecule has 80 valence electrons. The molecule has 1 aromatic rings. The number of halogens is 1. The maximum Gasteiger partial charge on any atom is 0.101 e. The van der Waals surface area contributed by atoms with Gasteiger partial charge in [-0.3, -0.25) is 0 Å². The van der Waals surface area contributed by atoms with Crippen molar-refractivity contribution in [2.45, 2.75) is 19.4 Å². The van der Waals surface area contributed by atoms with Gasteiger partial charge in [-0.1, -0.05) is 11.6 Å². The molecule has 1 unspecified atom stereocenters. The summed E-state index contributed by atoms with van der Waals surface area (Å²) in [6.07, 6.45) is 0.291. The fourth-order valence-corrected chi connectivity index (χ4v) is 1.35. The Morgan fingerprint density at radius 3 is 2.93 bits per heavy atom. The normalized spacial score (nSPS) is 11.9. The largest absolute Gasteiger partial charge is 0.393 e. The molecule has 1 atom stereocenters. The lowest BCUT2D eigenvalue weighted by Crippen LogP contribution is -2.10. The molecular weight excluding hydrogens is 212 g/mol. The Balaban J connectivity index is 2.67. The lowest BCUT2D eigenvalue weighted by molar-refractivity contribution is 0.189. The zero-order chi connectivity index (χ0) is 11.3. The summed E-state index contributed by atoms with van der Waals surface area (Å²) < 4.78 is 0. The van der Waals surface area contributed by atoms with Gasteiger partial charge in [-0.15, -0.1) is 0 Å². The molecule has 1 aromatic carbocycles. The summed E-state index contributed by atoms with van der Waals surface area (Å²) in [5.74, 6) is 0. The average molecular weight is 225 g/mol. The first-order chi connectivity index (χ1) is 7.13. The van der Waals surface area contributed by atoms with Crippen molar-refractivity contribution in [2.24, 2.45) is 0 Å². The first kappa shape index (κ1) is 11.8. The lowest BCUT2D eigenvalue weighted by Gasteiger charge is -2.09. The monoisotopic (exact) mass is 224 g/mol. The van der Waals surface area contributed by atoms with E-state index in [0.29, 0.717) is 29.2 Å². The van der Waals surface area contributed by atoms with Gasteiger partial charge in [-0.25, -0.2) is 0 Å². The van der Waals surface area contributed by atoms with Crippen molar-refractivity contribution in [3.8, 4) is 6.07 Å². The average Bonchev–Trinajstić information content (AvgIpc) is 2.17. The number of hydrogen-bond acceptors (Lipinski definition) is 3. The Hall–Kier alpha value is -1.24. The quantitative estimate of drug-likeness (QED) is 0.826. The second-order valence-electron chi connectivity index (χ2n) is 3.37. The zero-order valence-electron chi connectivity index (χ0n) is 8.50. The first-order valence-corrected chi connectivity index (χ1v) is 5.13. The standard InChI is InChI=1S/C11H13ClN2O/c1-8(15)4-5-14-11-6-10(12)3-2-9(11)7-13/h2-3,6,8,14-15H,4-5H2,1H3. The van der Waals surface area contributed by atoms with E-state index in [1.54, 1.807) is 25.1 Å². The molecule has 0 spiro atoms. The molecule has 0 aliphatic carbocycles. The maximum atomic E-state index is 9.08. The van der Waals surface area contributed by atoms with Crippen molar-refractivity contribution in [2.75, 3.05) is 11.9 Å². The van der Waals surface area contributed by atoms with Crippen LogP contribution in [0.5, 0.6) is 0 Å². The molecule has 0 aromatic heterocycles. The lowest BCUT2D eigenvalue weighted by atomic mass is 10.2. The summed E-state index contributed by atoms with van der Waals surface area (Å²) in [7, 11) is 0. The number of benzene rings is 1. The number of nitriles is 1. The summed E-state index contributed by atoms with van der Waals surface area (Å²) in [6.45, 7) is 2.34. The second-order valence-corrected chi connectivity index (χ2v) is 3.80. The zero-order valence-corrected chi connectivity index (χ0v) is 9.25. The van der Waals surface area contributed by atoms with E-state index in [4.69, 9.17) is 22.0 Å². The molecule has 3 nitrogen and oxygen atoms in total. The fourth-order valence-electron chi connectivity index (χ4n) is 1.18. The third-order valence-electron chi connectivity index (χ3n) is 1.98. The van der Waals surface area contributed by atoms with Gasteiger partial charge < -0.3 is 10.4 Å². The molecule has 4 heteroatoms. The van der Waals surface area contributed by atoms with Crippen molar-refractivity contribution >= 4 is 17.3 Å². The predicted molar refractivity (Wildman–Crippen MR) is 61.0 cm³/mol. The van der Waals surface area contributed by atoms with Crippen LogP contribution in [0.25, 0.3) is 0 Å². The number of nitrogens with one attached hydrogen (secondary N) is 1. The van der Waals surface area contributed by atoms with E-state index >= 15 is 0 Å². The molecule has 0 heterocycles. The molecule has 0 saturated carbocycles.